The second-order valence-corrected chi connectivity index (χ2v) is 8.35. The maximum atomic E-state index is 12.8. The summed E-state index contributed by atoms with van der Waals surface area (Å²) in [7, 11) is -3.56. The highest BCUT2D eigenvalue weighted by Crippen LogP contribution is 2.22. The van der Waals surface area contributed by atoms with Crippen molar-refractivity contribution in [2.45, 2.75) is 49.4 Å². The number of benzene rings is 2. The predicted molar refractivity (Wildman–Crippen MR) is 101 cm³/mol. The molecule has 0 saturated carbocycles. The highest BCUT2D eigenvalue weighted by Gasteiger charge is 2.29. The van der Waals surface area contributed by atoms with Crippen LogP contribution in [0, 0.1) is 0 Å². The van der Waals surface area contributed by atoms with Crippen LogP contribution in [0.25, 0.3) is 0 Å². The lowest BCUT2D eigenvalue weighted by Gasteiger charge is -2.17. The van der Waals surface area contributed by atoms with Crippen molar-refractivity contribution in [3.05, 3.63) is 66.2 Å². The molecule has 26 heavy (non-hydrogen) atoms. The van der Waals surface area contributed by atoms with Crippen LogP contribution in [0.3, 0.4) is 0 Å². The van der Waals surface area contributed by atoms with E-state index in [1.807, 2.05) is 37.3 Å². The normalized spacial score (nSPS) is 12.5. The van der Waals surface area contributed by atoms with Crippen molar-refractivity contribution in [2.24, 2.45) is 0 Å². The summed E-state index contributed by atoms with van der Waals surface area (Å²) in [6, 6.07) is 17.7. The van der Waals surface area contributed by atoms with Crippen LogP contribution < -0.4 is 5.48 Å². The third kappa shape index (κ3) is 5.97. The van der Waals surface area contributed by atoms with E-state index in [0.29, 0.717) is 6.42 Å². The number of hydrogen-bond donors (Lipinski definition) is 1. The fourth-order valence-corrected chi connectivity index (χ4v) is 4.39. The van der Waals surface area contributed by atoms with Gasteiger partial charge in [-0.3, -0.25) is 9.63 Å². The molecule has 0 aliphatic rings. The van der Waals surface area contributed by atoms with Crippen LogP contribution in [0.5, 0.6) is 0 Å². The van der Waals surface area contributed by atoms with Crippen molar-refractivity contribution >= 4 is 15.7 Å². The van der Waals surface area contributed by atoms with Crippen LogP contribution in [0.1, 0.15) is 38.2 Å². The van der Waals surface area contributed by atoms with E-state index in [0.717, 1.165) is 18.4 Å². The van der Waals surface area contributed by atoms with Gasteiger partial charge >= 0.3 is 0 Å². The van der Waals surface area contributed by atoms with E-state index >= 15 is 0 Å². The van der Waals surface area contributed by atoms with Crippen LogP contribution in [-0.2, 0) is 26.1 Å². The third-order valence-electron chi connectivity index (χ3n) is 4.07. The van der Waals surface area contributed by atoms with Crippen LogP contribution in [-0.4, -0.2) is 19.6 Å². The van der Waals surface area contributed by atoms with Gasteiger partial charge in [-0.1, -0.05) is 68.3 Å². The summed E-state index contributed by atoms with van der Waals surface area (Å²) in [5.74, 6) is -0.429. The second kappa shape index (κ2) is 10.1. The Kier molecular flexibility index (Phi) is 7.81. The molecule has 0 unspecified atom stereocenters. The van der Waals surface area contributed by atoms with Gasteiger partial charge in [0.2, 0.25) is 5.91 Å². The first-order valence-electron chi connectivity index (χ1n) is 8.77. The molecule has 2 aromatic carbocycles. The maximum Gasteiger partial charge on any atom is 0.244 e. The molecule has 1 N–H and O–H groups in total. The Morgan fingerprint density at radius 3 is 2.27 bits per heavy atom. The molecule has 2 rings (SSSR count). The van der Waals surface area contributed by atoms with Crippen molar-refractivity contribution in [3.63, 3.8) is 0 Å². The van der Waals surface area contributed by atoms with Crippen LogP contribution in [0.4, 0.5) is 0 Å². The summed E-state index contributed by atoms with van der Waals surface area (Å²) in [6.45, 7) is 2.23. The number of sulfone groups is 1. The first kappa shape index (κ1) is 20.1. The Bertz CT molecular complexity index is 776. The Morgan fingerprint density at radius 1 is 1.04 bits per heavy atom. The minimum atomic E-state index is -3.56. The Hall–Kier alpha value is -2.18. The molecule has 0 bridgehead atoms. The lowest BCUT2D eigenvalue weighted by Crippen LogP contribution is -2.31. The van der Waals surface area contributed by atoms with E-state index in [1.54, 1.807) is 30.3 Å². The highest BCUT2D eigenvalue weighted by atomic mass is 32.2. The summed E-state index contributed by atoms with van der Waals surface area (Å²) < 4.78 is 25.7. The molecule has 140 valence electrons. The summed E-state index contributed by atoms with van der Waals surface area (Å²) in [5, 5.41) is -0.759. The summed E-state index contributed by atoms with van der Waals surface area (Å²) in [6.07, 6.45) is 1.94. The zero-order chi connectivity index (χ0) is 18.8. The van der Waals surface area contributed by atoms with Gasteiger partial charge in [0.1, 0.15) is 0 Å². The average Bonchev–Trinajstić information content (AvgIpc) is 2.66. The topological polar surface area (TPSA) is 72.5 Å². The molecule has 6 heteroatoms. The van der Waals surface area contributed by atoms with Crippen molar-refractivity contribution in [1.82, 2.24) is 5.48 Å². The van der Waals surface area contributed by atoms with E-state index in [4.69, 9.17) is 4.84 Å². The molecule has 1 atom stereocenters. The molecule has 0 saturated heterocycles. The van der Waals surface area contributed by atoms with Crippen LogP contribution >= 0.6 is 0 Å². The van der Waals surface area contributed by atoms with Gasteiger partial charge in [-0.05, 0) is 24.1 Å². The van der Waals surface area contributed by atoms with Crippen LogP contribution in [0.2, 0.25) is 0 Å². The molecular formula is C20H25NO4S. The number of nitrogens with one attached hydrogen (secondary N) is 1. The van der Waals surface area contributed by atoms with E-state index < -0.39 is 21.0 Å². The maximum absolute atomic E-state index is 12.8. The van der Waals surface area contributed by atoms with Gasteiger partial charge in [0.15, 0.2) is 9.84 Å². The van der Waals surface area contributed by atoms with Gasteiger partial charge < -0.3 is 0 Å². The van der Waals surface area contributed by atoms with E-state index in [2.05, 4.69) is 5.48 Å². The lowest BCUT2D eigenvalue weighted by atomic mass is 10.1. The fourth-order valence-electron chi connectivity index (χ4n) is 2.62. The molecule has 1 amide bonds. The van der Waals surface area contributed by atoms with Crippen molar-refractivity contribution < 1.29 is 18.0 Å². The van der Waals surface area contributed by atoms with E-state index in [-0.39, 0.29) is 17.9 Å². The SMILES string of the molecule is CCCC[C@@H](CC(=O)NOCc1ccccc1)S(=O)(=O)c1ccccc1. The fraction of sp³-hybridized carbons (Fsp3) is 0.350. The van der Waals surface area contributed by atoms with Crippen molar-refractivity contribution in [3.8, 4) is 0 Å². The molecule has 2 aromatic rings. The van der Waals surface area contributed by atoms with Crippen molar-refractivity contribution in [1.29, 1.82) is 0 Å². The van der Waals surface area contributed by atoms with Gasteiger partial charge in [0, 0.05) is 6.42 Å². The number of carbonyl (C=O) groups excluding carboxylic acids is 1. The Labute approximate surface area is 155 Å². The minimum Gasteiger partial charge on any atom is -0.273 e. The van der Waals surface area contributed by atoms with E-state index in [1.165, 1.54) is 0 Å². The van der Waals surface area contributed by atoms with E-state index in [9.17, 15) is 13.2 Å². The molecule has 0 fully saturated rings. The molecule has 0 spiro atoms. The molecule has 0 aliphatic heterocycles. The second-order valence-electron chi connectivity index (χ2n) is 6.13. The summed E-state index contributed by atoms with van der Waals surface area (Å²) in [4.78, 5) is 17.6. The molecule has 0 radical (unpaired) electrons. The number of hydrogen-bond acceptors (Lipinski definition) is 4. The van der Waals surface area contributed by atoms with Gasteiger partial charge in [-0.25, -0.2) is 13.9 Å². The Balaban J connectivity index is 1.97. The number of unbranched alkanes of at least 4 members (excludes halogenated alkanes) is 1. The quantitative estimate of drug-likeness (QED) is 0.643. The summed E-state index contributed by atoms with van der Waals surface area (Å²) >= 11 is 0. The minimum absolute atomic E-state index is 0.119. The predicted octanol–water partition coefficient (Wildman–Crippen LogP) is 3.66. The number of carbonyl (C=O) groups is 1. The first-order chi connectivity index (χ1) is 12.5. The van der Waals surface area contributed by atoms with Crippen molar-refractivity contribution in [2.75, 3.05) is 0 Å². The molecule has 0 aromatic heterocycles. The zero-order valence-corrected chi connectivity index (χ0v) is 15.7. The zero-order valence-electron chi connectivity index (χ0n) is 14.9. The number of amides is 1. The smallest absolute Gasteiger partial charge is 0.244 e. The first-order valence-corrected chi connectivity index (χ1v) is 10.3. The van der Waals surface area contributed by atoms with Gasteiger partial charge in [-0.2, -0.15) is 0 Å². The molecule has 5 nitrogen and oxygen atoms in total. The highest BCUT2D eigenvalue weighted by molar-refractivity contribution is 7.92. The summed E-state index contributed by atoms with van der Waals surface area (Å²) in [5.41, 5.74) is 3.28. The van der Waals surface area contributed by atoms with Gasteiger partial charge in [-0.15, -0.1) is 0 Å². The third-order valence-corrected chi connectivity index (χ3v) is 6.28. The average molecular weight is 375 g/mol. The number of hydroxylamine groups is 1. The Morgan fingerprint density at radius 2 is 1.65 bits per heavy atom. The van der Waals surface area contributed by atoms with Gasteiger partial charge in [0.25, 0.3) is 0 Å². The largest absolute Gasteiger partial charge is 0.273 e. The molecule has 0 heterocycles. The molecular weight excluding hydrogens is 350 g/mol. The van der Waals surface area contributed by atoms with Gasteiger partial charge in [0.05, 0.1) is 16.8 Å². The lowest BCUT2D eigenvalue weighted by molar-refractivity contribution is -0.134. The van der Waals surface area contributed by atoms with Crippen LogP contribution in [0.15, 0.2) is 65.6 Å². The number of rotatable bonds is 10. The molecule has 0 aliphatic carbocycles. The standard InChI is InChI=1S/C20H25NO4S/c1-2-3-12-19(26(23,24)18-13-8-5-9-14-18)15-20(22)21-25-16-17-10-6-4-7-11-17/h4-11,13-14,19H,2-3,12,15-16H2,1H3,(H,21,22)/t19-/m0/s1. The monoisotopic (exact) mass is 375 g/mol.